The highest BCUT2D eigenvalue weighted by Gasteiger charge is 2.35. The van der Waals surface area contributed by atoms with Gasteiger partial charge in [0.05, 0.1) is 4.92 Å². The molecule has 20 heavy (non-hydrogen) atoms. The molecule has 4 heteroatoms. The van der Waals surface area contributed by atoms with E-state index in [0.29, 0.717) is 11.7 Å². The van der Waals surface area contributed by atoms with Gasteiger partial charge in [-0.25, -0.2) is 0 Å². The van der Waals surface area contributed by atoms with Gasteiger partial charge in [0.15, 0.2) is 0 Å². The van der Waals surface area contributed by atoms with E-state index in [0.717, 1.165) is 23.8 Å². The summed E-state index contributed by atoms with van der Waals surface area (Å²) >= 11 is 0. The number of nitro benzene ring substituents is 1. The van der Waals surface area contributed by atoms with E-state index < -0.39 is 0 Å². The molecule has 2 unspecified atom stereocenters. The van der Waals surface area contributed by atoms with E-state index in [1.54, 1.807) is 12.1 Å². The van der Waals surface area contributed by atoms with Gasteiger partial charge < -0.3 is 5.32 Å². The van der Waals surface area contributed by atoms with Gasteiger partial charge in [0, 0.05) is 12.1 Å². The molecule has 0 saturated heterocycles. The molecule has 0 amide bonds. The average Bonchev–Trinajstić information content (AvgIpc) is 3.23. The number of nitrogens with one attached hydrogen (secondary N) is 1. The molecule has 0 heterocycles. The van der Waals surface area contributed by atoms with Crippen molar-refractivity contribution in [3.05, 3.63) is 33.9 Å². The van der Waals surface area contributed by atoms with Gasteiger partial charge in [-0.2, -0.15) is 0 Å². The van der Waals surface area contributed by atoms with E-state index in [1.807, 2.05) is 13.0 Å². The first-order valence-corrected chi connectivity index (χ1v) is 7.65. The second-order valence-electron chi connectivity index (χ2n) is 6.38. The van der Waals surface area contributed by atoms with Crippen molar-refractivity contribution in [1.82, 2.24) is 0 Å². The largest absolute Gasteiger partial charge is 0.377 e. The van der Waals surface area contributed by atoms with Crippen LogP contribution >= 0.6 is 0 Å². The molecular formula is C16H22N2O2. The predicted octanol–water partition coefficient (Wildman–Crippen LogP) is 4.28. The maximum atomic E-state index is 11.1. The van der Waals surface area contributed by atoms with Gasteiger partial charge >= 0.3 is 0 Å². The van der Waals surface area contributed by atoms with Crippen LogP contribution in [0.1, 0.15) is 44.1 Å². The van der Waals surface area contributed by atoms with Crippen molar-refractivity contribution in [3.63, 3.8) is 0 Å². The Hall–Kier alpha value is -1.58. The minimum Gasteiger partial charge on any atom is -0.377 e. The van der Waals surface area contributed by atoms with Crippen LogP contribution < -0.4 is 5.32 Å². The average molecular weight is 274 g/mol. The lowest BCUT2D eigenvalue weighted by Crippen LogP contribution is -2.28. The molecule has 4 nitrogen and oxygen atoms in total. The molecule has 0 radical (unpaired) electrons. The van der Waals surface area contributed by atoms with Crippen LogP contribution in [0.3, 0.4) is 0 Å². The van der Waals surface area contributed by atoms with Gasteiger partial charge in [-0.05, 0) is 56.1 Å². The number of aryl methyl sites for hydroxylation is 1. The molecule has 1 aromatic carbocycles. The van der Waals surface area contributed by atoms with Crippen molar-refractivity contribution in [2.75, 3.05) is 5.32 Å². The van der Waals surface area contributed by atoms with Gasteiger partial charge in [0.25, 0.3) is 5.69 Å². The SMILES string of the molecule is Cc1ccc([N+](=O)[O-])c(NC2CCCC(C3CC3)C2)c1. The van der Waals surface area contributed by atoms with Crippen molar-refractivity contribution in [2.24, 2.45) is 11.8 Å². The first-order chi connectivity index (χ1) is 9.63. The first kappa shape index (κ1) is 13.4. The maximum absolute atomic E-state index is 11.1. The lowest BCUT2D eigenvalue weighted by molar-refractivity contribution is -0.384. The molecule has 108 valence electrons. The molecule has 0 spiro atoms. The van der Waals surface area contributed by atoms with E-state index in [4.69, 9.17) is 0 Å². The van der Waals surface area contributed by atoms with E-state index in [-0.39, 0.29) is 10.6 Å². The van der Waals surface area contributed by atoms with Crippen LogP contribution in [0.4, 0.5) is 11.4 Å². The summed E-state index contributed by atoms with van der Waals surface area (Å²) in [6, 6.07) is 5.71. The summed E-state index contributed by atoms with van der Waals surface area (Å²) in [7, 11) is 0. The summed E-state index contributed by atoms with van der Waals surface area (Å²) in [6.45, 7) is 1.97. The topological polar surface area (TPSA) is 55.2 Å². The molecule has 3 rings (SSSR count). The first-order valence-electron chi connectivity index (χ1n) is 7.65. The van der Waals surface area contributed by atoms with Gasteiger partial charge in [0.2, 0.25) is 0 Å². The molecule has 2 atom stereocenters. The molecule has 1 N–H and O–H groups in total. The molecule has 2 aliphatic carbocycles. The van der Waals surface area contributed by atoms with Gasteiger partial charge in [-0.1, -0.05) is 18.9 Å². The number of nitro groups is 1. The Bertz CT molecular complexity index is 511. The Balaban J connectivity index is 1.73. The second kappa shape index (κ2) is 5.43. The predicted molar refractivity (Wildman–Crippen MR) is 79.9 cm³/mol. The van der Waals surface area contributed by atoms with Crippen molar-refractivity contribution in [2.45, 2.75) is 51.5 Å². The summed E-state index contributed by atoms with van der Waals surface area (Å²) < 4.78 is 0. The highest BCUT2D eigenvalue weighted by Crippen LogP contribution is 2.44. The maximum Gasteiger partial charge on any atom is 0.292 e. The molecular weight excluding hydrogens is 252 g/mol. The monoisotopic (exact) mass is 274 g/mol. The summed E-state index contributed by atoms with van der Waals surface area (Å²) in [5.74, 6) is 1.78. The van der Waals surface area contributed by atoms with Crippen molar-refractivity contribution in [3.8, 4) is 0 Å². The molecule has 0 aliphatic heterocycles. The minimum absolute atomic E-state index is 0.198. The van der Waals surface area contributed by atoms with Crippen molar-refractivity contribution >= 4 is 11.4 Å². The third kappa shape index (κ3) is 2.94. The molecule has 0 aromatic heterocycles. The standard InChI is InChI=1S/C16H22N2O2/c1-11-5-8-16(18(19)20)15(9-11)17-14-4-2-3-13(10-14)12-6-7-12/h5,8-9,12-14,17H,2-4,6-7,10H2,1H3. The zero-order valence-corrected chi connectivity index (χ0v) is 12.0. The third-order valence-corrected chi connectivity index (χ3v) is 4.71. The third-order valence-electron chi connectivity index (χ3n) is 4.71. The number of rotatable bonds is 4. The summed E-state index contributed by atoms with van der Waals surface area (Å²) in [5.41, 5.74) is 1.95. The van der Waals surface area contributed by atoms with Gasteiger partial charge in [-0.15, -0.1) is 0 Å². The van der Waals surface area contributed by atoms with Crippen LogP contribution in [-0.2, 0) is 0 Å². The Morgan fingerprint density at radius 3 is 2.70 bits per heavy atom. The minimum atomic E-state index is -0.289. The van der Waals surface area contributed by atoms with E-state index in [1.165, 1.54) is 32.1 Å². The summed E-state index contributed by atoms with van der Waals surface area (Å²) in [6.07, 6.45) is 7.69. The number of hydrogen-bond acceptors (Lipinski definition) is 3. The van der Waals surface area contributed by atoms with Gasteiger partial charge in [-0.3, -0.25) is 10.1 Å². The smallest absolute Gasteiger partial charge is 0.292 e. The lowest BCUT2D eigenvalue weighted by Gasteiger charge is -2.30. The molecule has 2 fully saturated rings. The zero-order valence-electron chi connectivity index (χ0n) is 12.0. The fraction of sp³-hybridized carbons (Fsp3) is 0.625. The van der Waals surface area contributed by atoms with Crippen molar-refractivity contribution < 1.29 is 4.92 Å². The summed E-state index contributed by atoms with van der Waals surface area (Å²) in [5, 5.41) is 14.6. The molecule has 2 saturated carbocycles. The Labute approximate surface area is 119 Å². The zero-order chi connectivity index (χ0) is 14.1. The summed E-state index contributed by atoms with van der Waals surface area (Å²) in [4.78, 5) is 10.8. The van der Waals surface area contributed by atoms with Crippen LogP contribution in [0.5, 0.6) is 0 Å². The number of hydrogen-bond donors (Lipinski definition) is 1. The quantitative estimate of drug-likeness (QED) is 0.658. The second-order valence-corrected chi connectivity index (χ2v) is 6.38. The molecule has 1 aromatic rings. The highest BCUT2D eigenvalue weighted by molar-refractivity contribution is 5.63. The fourth-order valence-corrected chi connectivity index (χ4v) is 3.50. The molecule has 2 aliphatic rings. The Morgan fingerprint density at radius 2 is 2.00 bits per heavy atom. The van der Waals surface area contributed by atoms with Crippen LogP contribution in [0.25, 0.3) is 0 Å². The number of nitrogens with zero attached hydrogens (tertiary/aromatic N) is 1. The molecule has 0 bridgehead atoms. The number of benzene rings is 1. The Kier molecular flexibility index (Phi) is 3.64. The van der Waals surface area contributed by atoms with Crippen LogP contribution in [0, 0.1) is 28.9 Å². The van der Waals surface area contributed by atoms with Crippen molar-refractivity contribution in [1.29, 1.82) is 0 Å². The van der Waals surface area contributed by atoms with E-state index >= 15 is 0 Å². The fourth-order valence-electron chi connectivity index (χ4n) is 3.50. The Morgan fingerprint density at radius 1 is 1.20 bits per heavy atom. The van der Waals surface area contributed by atoms with Crippen LogP contribution in [0.2, 0.25) is 0 Å². The number of anilines is 1. The normalized spacial score (nSPS) is 26.2. The van der Waals surface area contributed by atoms with Crippen LogP contribution in [-0.4, -0.2) is 11.0 Å². The van der Waals surface area contributed by atoms with Crippen LogP contribution in [0.15, 0.2) is 18.2 Å². The van der Waals surface area contributed by atoms with E-state index in [9.17, 15) is 10.1 Å². The van der Waals surface area contributed by atoms with E-state index in [2.05, 4.69) is 5.32 Å². The highest BCUT2D eigenvalue weighted by atomic mass is 16.6. The lowest BCUT2D eigenvalue weighted by atomic mass is 9.82. The van der Waals surface area contributed by atoms with Gasteiger partial charge in [0.1, 0.15) is 5.69 Å².